The molecule has 0 aromatic rings. The molecule has 2 unspecified atom stereocenters. The van der Waals surface area contributed by atoms with Gasteiger partial charge in [-0.3, -0.25) is 0 Å². The molecule has 0 aliphatic heterocycles. The molecule has 0 bridgehead atoms. The van der Waals surface area contributed by atoms with Crippen LogP contribution in [0.4, 0.5) is 0 Å². The van der Waals surface area contributed by atoms with Crippen molar-refractivity contribution in [1.82, 2.24) is 0 Å². The lowest BCUT2D eigenvalue weighted by Crippen LogP contribution is -2.66. The third kappa shape index (κ3) is 0.555. The second kappa shape index (κ2) is 2.10. The molecule has 4 nitrogen and oxygen atoms in total. The first-order valence-corrected chi connectivity index (χ1v) is 3.64. The third-order valence-corrected chi connectivity index (χ3v) is 2.69. The first-order valence-electron chi connectivity index (χ1n) is 3.64. The van der Waals surface area contributed by atoms with Crippen LogP contribution in [0.1, 0.15) is 13.3 Å². The molecule has 2 rings (SSSR count). The summed E-state index contributed by atoms with van der Waals surface area (Å²) in [5.41, 5.74) is -2.22. The van der Waals surface area contributed by atoms with E-state index < -0.39 is 11.2 Å². The van der Waals surface area contributed by atoms with E-state index in [-0.39, 0.29) is 11.2 Å². The first kappa shape index (κ1) is 9.25. The number of hydrogen-bond acceptors (Lipinski definition) is 3. The molecule has 0 amide bonds. The van der Waals surface area contributed by atoms with E-state index in [4.69, 9.17) is 0 Å². The summed E-state index contributed by atoms with van der Waals surface area (Å²) in [5.74, 6) is -0.0787. The van der Waals surface area contributed by atoms with Crippen LogP contribution in [0.2, 0.25) is 0 Å². The van der Waals surface area contributed by atoms with Crippen LogP contribution >= 0.6 is 0 Å². The molecule has 0 spiro atoms. The second-order valence-corrected chi connectivity index (χ2v) is 3.08. The second-order valence-electron chi connectivity index (χ2n) is 3.08. The molecule has 12 heavy (non-hydrogen) atoms. The van der Waals surface area contributed by atoms with Crippen molar-refractivity contribution in [1.29, 1.82) is 0 Å². The van der Waals surface area contributed by atoms with Gasteiger partial charge in [0.1, 0.15) is 11.4 Å². The fraction of sp³-hybridized carbons (Fsp3) is 0.500. The largest absolute Gasteiger partial charge is 0.509 e. The van der Waals surface area contributed by atoms with Gasteiger partial charge in [0.2, 0.25) is 0 Å². The highest BCUT2D eigenvalue weighted by Crippen LogP contribution is 2.54. The summed E-state index contributed by atoms with van der Waals surface area (Å²) >= 11 is 0. The molecule has 2 atom stereocenters. The molecule has 2 aliphatic rings. The molecule has 5 N–H and O–H groups in total. The maximum atomic E-state index is 9.63. The summed E-state index contributed by atoms with van der Waals surface area (Å²) in [6.07, 6.45) is 3.44. The summed E-state index contributed by atoms with van der Waals surface area (Å²) in [6, 6.07) is 0. The van der Waals surface area contributed by atoms with Gasteiger partial charge >= 0.3 is 0 Å². The molecule has 0 fully saturated rings. The average Bonchev–Trinajstić information content (AvgIpc) is 1.99. The first-order chi connectivity index (χ1) is 5.06. The number of rotatable bonds is 1. The Morgan fingerprint density at radius 1 is 1.42 bits per heavy atom. The van der Waals surface area contributed by atoms with Gasteiger partial charge in [-0.05, 0) is 12.5 Å². The predicted octanol–water partition coefficient (Wildman–Crippen LogP) is -0.571. The summed E-state index contributed by atoms with van der Waals surface area (Å²) in [5, 5.41) is 28.5. The van der Waals surface area contributed by atoms with Crippen molar-refractivity contribution in [2.45, 2.75) is 24.5 Å². The van der Waals surface area contributed by atoms with Gasteiger partial charge in [0.05, 0.1) is 0 Å². The molecule has 0 heterocycles. The van der Waals surface area contributed by atoms with Gasteiger partial charge in [-0.2, -0.15) is 0 Å². The fourth-order valence-electron chi connectivity index (χ4n) is 1.72. The molecular weight excluding hydrogens is 160 g/mol. The average molecular weight is 172 g/mol. The van der Waals surface area contributed by atoms with E-state index in [1.165, 1.54) is 6.08 Å². The quantitative estimate of drug-likeness (QED) is 0.494. The van der Waals surface area contributed by atoms with E-state index in [0.29, 0.717) is 12.0 Å². The van der Waals surface area contributed by atoms with Gasteiger partial charge in [-0.1, -0.05) is 13.0 Å². The van der Waals surface area contributed by atoms with Crippen LogP contribution in [-0.4, -0.2) is 32.0 Å². The van der Waals surface area contributed by atoms with Crippen LogP contribution in [0.5, 0.6) is 0 Å². The van der Waals surface area contributed by atoms with Gasteiger partial charge in [0.25, 0.3) is 0 Å². The SMILES string of the molecule is CCC1(O)C(O)=C2C=CC21O.O. The number of aliphatic hydroxyl groups is 3. The lowest BCUT2D eigenvalue weighted by molar-refractivity contribution is -0.140. The van der Waals surface area contributed by atoms with Crippen molar-refractivity contribution in [3.63, 3.8) is 0 Å². The zero-order chi connectivity index (χ0) is 8.28. The normalized spacial score (nSPS) is 42.6. The van der Waals surface area contributed by atoms with Crippen molar-refractivity contribution >= 4 is 0 Å². The molecule has 4 heteroatoms. The molecule has 2 aliphatic carbocycles. The summed E-state index contributed by atoms with van der Waals surface area (Å²) in [4.78, 5) is 0. The monoisotopic (exact) mass is 172 g/mol. The minimum absolute atomic E-state index is 0. The van der Waals surface area contributed by atoms with Crippen molar-refractivity contribution < 1.29 is 20.8 Å². The highest BCUT2D eigenvalue weighted by Gasteiger charge is 2.65. The minimum atomic E-state index is -1.42. The van der Waals surface area contributed by atoms with Gasteiger partial charge in [-0.15, -0.1) is 0 Å². The zero-order valence-electron chi connectivity index (χ0n) is 6.70. The third-order valence-electron chi connectivity index (χ3n) is 2.69. The molecule has 0 radical (unpaired) electrons. The Morgan fingerprint density at radius 2 is 2.00 bits per heavy atom. The molecule has 0 saturated heterocycles. The highest BCUT2D eigenvalue weighted by atomic mass is 16.4. The van der Waals surface area contributed by atoms with E-state index in [1.54, 1.807) is 13.0 Å². The molecule has 68 valence electrons. The Hall–Kier alpha value is -0.840. The summed E-state index contributed by atoms with van der Waals surface area (Å²) in [7, 11) is 0. The lowest BCUT2D eigenvalue weighted by atomic mass is 9.58. The topological polar surface area (TPSA) is 92.2 Å². The maximum Gasteiger partial charge on any atom is 0.158 e. The Kier molecular flexibility index (Phi) is 1.62. The highest BCUT2D eigenvalue weighted by molar-refractivity contribution is 5.62. The predicted molar refractivity (Wildman–Crippen MR) is 42.6 cm³/mol. The Labute approximate surface area is 69.8 Å². The van der Waals surface area contributed by atoms with E-state index in [9.17, 15) is 15.3 Å². The Bertz CT molecular complexity index is 281. The standard InChI is InChI=1S/C8H10O3.H2O/c1-2-7(10)6(9)5-3-4-8(5,7)11;/h3-4,9-11H,2H2,1H3;1H2. The van der Waals surface area contributed by atoms with E-state index >= 15 is 0 Å². The lowest BCUT2D eigenvalue weighted by Gasteiger charge is -2.54. The maximum absolute atomic E-state index is 9.63. The molecule has 0 aromatic carbocycles. The van der Waals surface area contributed by atoms with Crippen molar-refractivity contribution in [3.05, 3.63) is 23.5 Å². The Morgan fingerprint density at radius 3 is 2.17 bits per heavy atom. The van der Waals surface area contributed by atoms with Crippen LogP contribution in [0, 0.1) is 0 Å². The van der Waals surface area contributed by atoms with Crippen molar-refractivity contribution in [2.75, 3.05) is 0 Å². The van der Waals surface area contributed by atoms with Crippen LogP contribution in [0.15, 0.2) is 23.5 Å². The van der Waals surface area contributed by atoms with Gasteiger partial charge in [0, 0.05) is 5.57 Å². The van der Waals surface area contributed by atoms with Gasteiger partial charge in [-0.25, -0.2) is 0 Å². The van der Waals surface area contributed by atoms with Gasteiger partial charge < -0.3 is 20.8 Å². The Balaban J connectivity index is 0.000000720. The zero-order valence-corrected chi connectivity index (χ0v) is 6.70. The molecule has 0 aromatic heterocycles. The van der Waals surface area contributed by atoms with E-state index in [2.05, 4.69) is 0 Å². The fourth-order valence-corrected chi connectivity index (χ4v) is 1.72. The van der Waals surface area contributed by atoms with Crippen molar-refractivity contribution in [2.24, 2.45) is 0 Å². The van der Waals surface area contributed by atoms with E-state index in [0.717, 1.165) is 0 Å². The smallest absolute Gasteiger partial charge is 0.158 e. The number of fused-ring (bicyclic) bond motifs is 1. The van der Waals surface area contributed by atoms with Crippen LogP contribution in [0.3, 0.4) is 0 Å². The van der Waals surface area contributed by atoms with Crippen LogP contribution < -0.4 is 0 Å². The van der Waals surface area contributed by atoms with Gasteiger partial charge in [0.15, 0.2) is 5.60 Å². The molecule has 0 saturated carbocycles. The summed E-state index contributed by atoms with van der Waals surface area (Å²) in [6.45, 7) is 1.72. The van der Waals surface area contributed by atoms with Crippen molar-refractivity contribution in [3.8, 4) is 0 Å². The summed E-state index contributed by atoms with van der Waals surface area (Å²) < 4.78 is 0. The van der Waals surface area contributed by atoms with Crippen LogP contribution in [-0.2, 0) is 0 Å². The van der Waals surface area contributed by atoms with Crippen LogP contribution in [0.25, 0.3) is 0 Å². The minimum Gasteiger partial charge on any atom is -0.509 e. The molecular formula is C8H12O4. The number of aliphatic hydroxyl groups excluding tert-OH is 1. The number of hydrogen-bond donors (Lipinski definition) is 3. The van der Waals surface area contributed by atoms with E-state index in [1.807, 2.05) is 0 Å².